The fraction of sp³-hybridized carbons (Fsp3) is 0.421. The highest BCUT2D eigenvalue weighted by molar-refractivity contribution is 5.54. The van der Waals surface area contributed by atoms with E-state index in [1.165, 1.54) is 19.3 Å². The molecule has 0 aliphatic heterocycles. The van der Waals surface area contributed by atoms with Crippen molar-refractivity contribution in [2.75, 3.05) is 31.3 Å². The monoisotopic (exact) mass is 327 g/mol. The quantitative estimate of drug-likeness (QED) is 0.782. The van der Waals surface area contributed by atoms with Gasteiger partial charge in [0.25, 0.3) is 5.56 Å². The number of rotatable bonds is 8. The first kappa shape index (κ1) is 16.4. The highest BCUT2D eigenvalue weighted by Crippen LogP contribution is 2.32. The summed E-state index contributed by atoms with van der Waals surface area (Å²) < 4.78 is 7.00. The van der Waals surface area contributed by atoms with Crippen LogP contribution in [0, 0.1) is 5.92 Å². The summed E-state index contributed by atoms with van der Waals surface area (Å²) in [6.45, 7) is 1.47. The lowest BCUT2D eigenvalue weighted by molar-refractivity contribution is 0.414. The predicted molar refractivity (Wildman–Crippen MR) is 98.2 cm³/mol. The lowest BCUT2D eigenvalue weighted by Gasteiger charge is -2.13. The average Bonchev–Trinajstić information content (AvgIpc) is 3.42. The van der Waals surface area contributed by atoms with Gasteiger partial charge in [-0.25, -0.2) is 0 Å². The smallest absolute Gasteiger partial charge is 0.274 e. The van der Waals surface area contributed by atoms with E-state index in [0.717, 1.165) is 29.5 Å². The molecule has 128 valence electrons. The van der Waals surface area contributed by atoms with Crippen LogP contribution in [0.3, 0.4) is 0 Å². The van der Waals surface area contributed by atoms with Crippen molar-refractivity contribution < 1.29 is 4.74 Å². The second-order valence-corrected chi connectivity index (χ2v) is 6.34. The van der Waals surface area contributed by atoms with Gasteiger partial charge in [-0.15, -0.1) is 0 Å². The molecule has 0 unspecified atom stereocenters. The highest BCUT2D eigenvalue weighted by Gasteiger charge is 2.20. The largest absolute Gasteiger partial charge is 0.497 e. The van der Waals surface area contributed by atoms with E-state index in [9.17, 15) is 4.79 Å². The third kappa shape index (κ3) is 4.10. The van der Waals surface area contributed by atoms with E-state index in [-0.39, 0.29) is 5.56 Å². The third-order valence-electron chi connectivity index (χ3n) is 4.42. The average molecular weight is 327 g/mol. The first-order valence-corrected chi connectivity index (χ1v) is 8.48. The van der Waals surface area contributed by atoms with Gasteiger partial charge in [-0.2, -0.15) is 0 Å². The van der Waals surface area contributed by atoms with E-state index >= 15 is 0 Å². The van der Waals surface area contributed by atoms with Crippen LogP contribution in [0.4, 0.5) is 11.4 Å². The van der Waals surface area contributed by atoms with E-state index in [4.69, 9.17) is 4.74 Å². The number of nitrogens with zero attached hydrogens (tertiary/aromatic N) is 1. The Morgan fingerprint density at radius 1 is 1.29 bits per heavy atom. The maximum Gasteiger partial charge on any atom is 0.274 e. The number of hydrogen-bond donors (Lipinski definition) is 2. The Labute approximate surface area is 142 Å². The molecule has 5 heteroatoms. The van der Waals surface area contributed by atoms with E-state index in [0.29, 0.717) is 12.2 Å². The summed E-state index contributed by atoms with van der Waals surface area (Å²) in [5.74, 6) is 1.69. The molecule has 1 fully saturated rings. The third-order valence-corrected chi connectivity index (χ3v) is 4.42. The molecule has 2 N–H and O–H groups in total. The van der Waals surface area contributed by atoms with Crippen molar-refractivity contribution in [1.82, 2.24) is 4.57 Å². The van der Waals surface area contributed by atoms with Crippen molar-refractivity contribution >= 4 is 11.4 Å². The van der Waals surface area contributed by atoms with Gasteiger partial charge in [-0.05, 0) is 36.1 Å². The van der Waals surface area contributed by atoms with Crippen LogP contribution < -0.4 is 20.9 Å². The van der Waals surface area contributed by atoms with Gasteiger partial charge >= 0.3 is 0 Å². The molecular formula is C19H25N3O2. The molecule has 1 aromatic heterocycles. The topological polar surface area (TPSA) is 55.3 Å². The predicted octanol–water partition coefficient (Wildman–Crippen LogP) is 3.16. The number of nitrogens with one attached hydrogen (secondary N) is 2. The second-order valence-electron chi connectivity index (χ2n) is 6.34. The Kier molecular flexibility index (Phi) is 5.08. The number of pyridine rings is 1. The van der Waals surface area contributed by atoms with Gasteiger partial charge in [0.05, 0.1) is 19.3 Å². The zero-order valence-corrected chi connectivity index (χ0v) is 14.3. The van der Waals surface area contributed by atoms with Crippen LogP contribution in [0.2, 0.25) is 0 Å². The van der Waals surface area contributed by atoms with Gasteiger partial charge in [0.15, 0.2) is 0 Å². The highest BCUT2D eigenvalue weighted by atomic mass is 16.5. The van der Waals surface area contributed by atoms with Crippen LogP contribution in [0.5, 0.6) is 5.75 Å². The number of aromatic nitrogens is 1. The standard InChI is InChI=1S/C19H25N3O2/c1-20-18-11-16(21-9-8-14-6-7-14)13-22(19(18)23)12-15-4-3-5-17(10-15)24-2/h3-5,10-11,13-14,20-21H,6-9,12H2,1-2H3. The molecule has 0 bridgehead atoms. The molecule has 3 rings (SSSR count). The van der Waals surface area contributed by atoms with E-state index in [1.54, 1.807) is 18.7 Å². The Morgan fingerprint density at radius 2 is 2.12 bits per heavy atom. The first-order valence-electron chi connectivity index (χ1n) is 8.48. The van der Waals surface area contributed by atoms with Crippen molar-refractivity contribution in [1.29, 1.82) is 0 Å². The Balaban J connectivity index is 1.79. The normalized spacial score (nSPS) is 13.6. The summed E-state index contributed by atoms with van der Waals surface area (Å²) in [4.78, 5) is 12.5. The number of hydrogen-bond acceptors (Lipinski definition) is 4. The van der Waals surface area contributed by atoms with Crippen LogP contribution in [-0.2, 0) is 6.54 Å². The minimum atomic E-state index is -0.0203. The van der Waals surface area contributed by atoms with Gasteiger partial charge in [-0.1, -0.05) is 25.0 Å². The van der Waals surface area contributed by atoms with Crippen molar-refractivity contribution in [3.63, 3.8) is 0 Å². The lowest BCUT2D eigenvalue weighted by Crippen LogP contribution is -2.23. The van der Waals surface area contributed by atoms with Crippen LogP contribution in [-0.4, -0.2) is 25.3 Å². The molecule has 24 heavy (non-hydrogen) atoms. The number of ether oxygens (including phenoxy) is 1. The molecule has 1 aliphatic rings. The summed E-state index contributed by atoms with van der Waals surface area (Å²) in [5, 5.41) is 6.44. The van der Waals surface area contributed by atoms with Gasteiger partial charge in [0.1, 0.15) is 11.4 Å². The fourth-order valence-corrected chi connectivity index (χ4v) is 2.82. The molecule has 2 aromatic rings. The molecule has 5 nitrogen and oxygen atoms in total. The van der Waals surface area contributed by atoms with E-state index in [2.05, 4.69) is 10.6 Å². The zero-order valence-electron chi connectivity index (χ0n) is 14.3. The number of anilines is 2. The first-order chi connectivity index (χ1) is 11.7. The Bertz CT molecular complexity index is 751. The van der Waals surface area contributed by atoms with Crippen molar-refractivity contribution in [2.24, 2.45) is 5.92 Å². The van der Waals surface area contributed by atoms with E-state index in [1.807, 2.05) is 36.5 Å². The molecule has 1 aliphatic carbocycles. The molecular weight excluding hydrogens is 302 g/mol. The number of benzene rings is 1. The Morgan fingerprint density at radius 3 is 2.83 bits per heavy atom. The van der Waals surface area contributed by atoms with Crippen molar-refractivity contribution in [3.8, 4) is 5.75 Å². The minimum absolute atomic E-state index is 0.0203. The second kappa shape index (κ2) is 7.43. The molecule has 1 aromatic carbocycles. The fourth-order valence-electron chi connectivity index (χ4n) is 2.82. The summed E-state index contributed by atoms with van der Waals surface area (Å²) >= 11 is 0. The van der Waals surface area contributed by atoms with Gasteiger partial charge in [-0.3, -0.25) is 4.79 Å². The molecule has 0 radical (unpaired) electrons. The number of methoxy groups -OCH3 is 1. The molecule has 0 atom stereocenters. The van der Waals surface area contributed by atoms with Crippen LogP contribution in [0.25, 0.3) is 0 Å². The maximum absolute atomic E-state index is 12.5. The maximum atomic E-state index is 12.5. The summed E-state index contributed by atoms with van der Waals surface area (Å²) in [6, 6.07) is 9.69. The van der Waals surface area contributed by atoms with Crippen molar-refractivity contribution in [3.05, 3.63) is 52.4 Å². The van der Waals surface area contributed by atoms with Gasteiger partial charge in [0, 0.05) is 19.8 Å². The lowest BCUT2D eigenvalue weighted by atomic mass is 10.2. The summed E-state index contributed by atoms with van der Waals surface area (Å²) in [7, 11) is 3.43. The SMILES string of the molecule is CNc1cc(NCCC2CC2)cn(Cc2cccc(OC)c2)c1=O. The van der Waals surface area contributed by atoms with Crippen molar-refractivity contribution in [2.45, 2.75) is 25.8 Å². The molecule has 0 saturated heterocycles. The molecule has 1 heterocycles. The minimum Gasteiger partial charge on any atom is -0.497 e. The van der Waals surface area contributed by atoms with Crippen LogP contribution in [0.1, 0.15) is 24.8 Å². The molecule has 0 amide bonds. The summed E-state index contributed by atoms with van der Waals surface area (Å²) in [6.07, 6.45) is 5.82. The summed E-state index contributed by atoms with van der Waals surface area (Å²) in [5.41, 5.74) is 2.60. The van der Waals surface area contributed by atoms with Gasteiger partial charge in [0.2, 0.25) is 0 Å². The Hall–Kier alpha value is -2.43. The van der Waals surface area contributed by atoms with Crippen LogP contribution >= 0.6 is 0 Å². The van der Waals surface area contributed by atoms with Gasteiger partial charge < -0.3 is 19.9 Å². The van der Waals surface area contributed by atoms with E-state index < -0.39 is 0 Å². The zero-order chi connectivity index (χ0) is 16.9. The molecule has 0 spiro atoms. The van der Waals surface area contributed by atoms with Crippen LogP contribution in [0.15, 0.2) is 41.3 Å². The molecule has 1 saturated carbocycles.